The molecule has 0 bridgehead atoms. The van der Waals surface area contributed by atoms with E-state index in [0.717, 1.165) is 26.3 Å². The summed E-state index contributed by atoms with van der Waals surface area (Å²) < 4.78 is 5.15. The molecular formula is C7H14N2O3. The standard InChI is InChI=1S/C7H14N2O3/c1-8-11-6-7-12-9-2-4-10-5-3-9/h1-7H2. The van der Waals surface area contributed by atoms with Gasteiger partial charge in [-0.3, -0.25) is 4.84 Å². The molecule has 1 aliphatic heterocycles. The highest BCUT2D eigenvalue weighted by atomic mass is 16.7. The molecule has 0 radical (unpaired) electrons. The van der Waals surface area contributed by atoms with E-state index in [2.05, 4.69) is 16.7 Å². The van der Waals surface area contributed by atoms with E-state index in [1.165, 1.54) is 0 Å². The largest absolute Gasteiger partial charge is 0.394 e. The van der Waals surface area contributed by atoms with E-state index in [1.807, 2.05) is 5.06 Å². The minimum Gasteiger partial charge on any atom is -0.394 e. The molecule has 5 heteroatoms. The van der Waals surface area contributed by atoms with Crippen LogP contribution in [0.4, 0.5) is 0 Å². The Bertz CT molecular complexity index is 126. The topological polar surface area (TPSA) is 43.3 Å². The molecule has 1 aliphatic rings. The molecule has 0 unspecified atom stereocenters. The summed E-state index contributed by atoms with van der Waals surface area (Å²) in [5.74, 6) is 0. The maximum Gasteiger partial charge on any atom is 0.142 e. The van der Waals surface area contributed by atoms with Crippen LogP contribution in [0.25, 0.3) is 0 Å². The molecule has 12 heavy (non-hydrogen) atoms. The molecule has 1 saturated heterocycles. The van der Waals surface area contributed by atoms with Crippen molar-refractivity contribution in [3.63, 3.8) is 0 Å². The van der Waals surface area contributed by atoms with E-state index in [0.29, 0.717) is 13.2 Å². The van der Waals surface area contributed by atoms with E-state index in [4.69, 9.17) is 9.57 Å². The SMILES string of the molecule is C=NOCCON1CCOCC1. The van der Waals surface area contributed by atoms with Crippen molar-refractivity contribution in [2.45, 2.75) is 0 Å². The first kappa shape index (κ1) is 9.44. The van der Waals surface area contributed by atoms with Gasteiger partial charge < -0.3 is 9.57 Å². The Morgan fingerprint density at radius 3 is 2.75 bits per heavy atom. The van der Waals surface area contributed by atoms with Crippen LogP contribution in [0.15, 0.2) is 5.16 Å². The van der Waals surface area contributed by atoms with Gasteiger partial charge >= 0.3 is 0 Å². The van der Waals surface area contributed by atoms with Crippen molar-refractivity contribution in [2.24, 2.45) is 5.16 Å². The molecule has 1 rings (SSSR count). The monoisotopic (exact) mass is 174 g/mol. The van der Waals surface area contributed by atoms with Crippen molar-refractivity contribution in [1.29, 1.82) is 0 Å². The van der Waals surface area contributed by atoms with E-state index in [-0.39, 0.29) is 0 Å². The second-order valence-electron chi connectivity index (χ2n) is 2.34. The van der Waals surface area contributed by atoms with Crippen molar-refractivity contribution in [2.75, 3.05) is 39.5 Å². The smallest absolute Gasteiger partial charge is 0.142 e. The Labute approximate surface area is 71.8 Å². The molecule has 5 nitrogen and oxygen atoms in total. The molecule has 0 aromatic rings. The maximum absolute atomic E-state index is 5.33. The van der Waals surface area contributed by atoms with Crippen LogP contribution in [-0.2, 0) is 14.4 Å². The Morgan fingerprint density at radius 2 is 2.08 bits per heavy atom. The molecule has 0 aliphatic carbocycles. The van der Waals surface area contributed by atoms with E-state index >= 15 is 0 Å². The zero-order valence-electron chi connectivity index (χ0n) is 7.07. The Morgan fingerprint density at radius 1 is 1.33 bits per heavy atom. The number of ether oxygens (including phenoxy) is 1. The van der Waals surface area contributed by atoms with Crippen molar-refractivity contribution in [3.8, 4) is 0 Å². The van der Waals surface area contributed by atoms with Crippen LogP contribution in [0.3, 0.4) is 0 Å². The van der Waals surface area contributed by atoms with Gasteiger partial charge in [0.15, 0.2) is 0 Å². The highest BCUT2D eigenvalue weighted by Gasteiger charge is 2.09. The lowest BCUT2D eigenvalue weighted by Gasteiger charge is -2.25. The zero-order chi connectivity index (χ0) is 8.65. The number of hydroxylamine groups is 2. The molecule has 0 saturated carbocycles. The van der Waals surface area contributed by atoms with Gasteiger partial charge in [-0.05, 0) is 0 Å². The molecule has 0 aromatic carbocycles. The van der Waals surface area contributed by atoms with Gasteiger partial charge in [-0.25, -0.2) is 0 Å². The first-order valence-corrected chi connectivity index (χ1v) is 3.97. The number of hydrogen-bond acceptors (Lipinski definition) is 5. The lowest BCUT2D eigenvalue weighted by atomic mass is 10.5. The quantitative estimate of drug-likeness (QED) is 0.331. The summed E-state index contributed by atoms with van der Waals surface area (Å²) in [6.45, 7) is 7.26. The third-order valence-corrected chi connectivity index (χ3v) is 1.51. The van der Waals surface area contributed by atoms with Crippen molar-refractivity contribution >= 4 is 6.72 Å². The molecular weight excluding hydrogens is 160 g/mol. The number of morpholine rings is 1. The highest BCUT2D eigenvalue weighted by Crippen LogP contribution is 1.96. The van der Waals surface area contributed by atoms with Gasteiger partial charge in [0, 0.05) is 19.8 Å². The summed E-state index contributed by atoms with van der Waals surface area (Å²) >= 11 is 0. The maximum atomic E-state index is 5.33. The fraction of sp³-hybridized carbons (Fsp3) is 0.857. The summed E-state index contributed by atoms with van der Waals surface area (Å²) in [7, 11) is 0. The van der Waals surface area contributed by atoms with E-state index in [9.17, 15) is 0 Å². The van der Waals surface area contributed by atoms with Gasteiger partial charge in [0.1, 0.15) is 13.2 Å². The minimum absolute atomic E-state index is 0.445. The third kappa shape index (κ3) is 3.66. The van der Waals surface area contributed by atoms with Crippen molar-refractivity contribution in [3.05, 3.63) is 0 Å². The minimum atomic E-state index is 0.445. The first-order valence-electron chi connectivity index (χ1n) is 3.97. The Kier molecular flexibility index (Phi) is 4.67. The van der Waals surface area contributed by atoms with Gasteiger partial charge in [-0.2, -0.15) is 5.06 Å². The summed E-state index contributed by atoms with van der Waals surface area (Å²) in [4.78, 5) is 9.98. The van der Waals surface area contributed by atoms with Crippen LogP contribution in [0.1, 0.15) is 0 Å². The second-order valence-corrected chi connectivity index (χ2v) is 2.34. The number of nitrogens with zero attached hydrogens (tertiary/aromatic N) is 2. The number of rotatable bonds is 5. The molecule has 70 valence electrons. The number of hydrogen-bond donors (Lipinski definition) is 0. The van der Waals surface area contributed by atoms with Crippen LogP contribution >= 0.6 is 0 Å². The fourth-order valence-corrected chi connectivity index (χ4v) is 0.944. The highest BCUT2D eigenvalue weighted by molar-refractivity contribution is 5.21. The average molecular weight is 174 g/mol. The molecule has 1 heterocycles. The zero-order valence-corrected chi connectivity index (χ0v) is 7.07. The van der Waals surface area contributed by atoms with Gasteiger partial charge in [-0.15, -0.1) is 5.16 Å². The normalized spacial score (nSPS) is 19.0. The summed E-state index contributed by atoms with van der Waals surface area (Å²) in [6, 6.07) is 0. The van der Waals surface area contributed by atoms with E-state index < -0.39 is 0 Å². The third-order valence-electron chi connectivity index (χ3n) is 1.51. The van der Waals surface area contributed by atoms with Gasteiger partial charge in [-0.1, -0.05) is 0 Å². The molecule has 0 N–H and O–H groups in total. The van der Waals surface area contributed by atoms with Gasteiger partial charge in [0.2, 0.25) is 0 Å². The van der Waals surface area contributed by atoms with Crippen LogP contribution in [0.5, 0.6) is 0 Å². The van der Waals surface area contributed by atoms with Crippen molar-refractivity contribution < 1.29 is 14.4 Å². The van der Waals surface area contributed by atoms with Crippen LogP contribution in [0, 0.1) is 0 Å². The predicted molar refractivity (Wildman–Crippen MR) is 43.8 cm³/mol. The van der Waals surface area contributed by atoms with Crippen LogP contribution < -0.4 is 0 Å². The summed E-state index contributed by atoms with van der Waals surface area (Å²) in [6.07, 6.45) is 0. The molecule has 1 fully saturated rings. The average Bonchev–Trinajstić information content (AvgIpc) is 2.14. The summed E-state index contributed by atoms with van der Waals surface area (Å²) in [5.41, 5.74) is 0. The molecule has 0 amide bonds. The van der Waals surface area contributed by atoms with Crippen LogP contribution in [-0.4, -0.2) is 51.3 Å². The lowest BCUT2D eigenvalue weighted by molar-refractivity contribution is -0.200. The fourth-order valence-electron chi connectivity index (χ4n) is 0.944. The van der Waals surface area contributed by atoms with Crippen LogP contribution in [0.2, 0.25) is 0 Å². The lowest BCUT2D eigenvalue weighted by Crippen LogP contribution is -2.36. The van der Waals surface area contributed by atoms with Gasteiger partial charge in [0.05, 0.1) is 13.2 Å². The Balaban J connectivity index is 1.94. The molecule has 0 spiro atoms. The van der Waals surface area contributed by atoms with Crippen molar-refractivity contribution in [1.82, 2.24) is 5.06 Å². The number of oxime groups is 1. The molecule has 0 atom stereocenters. The van der Waals surface area contributed by atoms with Gasteiger partial charge in [0.25, 0.3) is 0 Å². The predicted octanol–water partition coefficient (Wildman–Crippen LogP) is -0.118. The second kappa shape index (κ2) is 5.93. The Hall–Kier alpha value is -0.650. The first-order chi connectivity index (χ1) is 5.93. The summed E-state index contributed by atoms with van der Waals surface area (Å²) in [5, 5.41) is 5.12. The molecule has 0 aromatic heterocycles. The van der Waals surface area contributed by atoms with E-state index in [1.54, 1.807) is 0 Å².